The van der Waals surface area contributed by atoms with Crippen molar-refractivity contribution < 1.29 is 14.7 Å². The van der Waals surface area contributed by atoms with E-state index in [9.17, 15) is 14.7 Å². The van der Waals surface area contributed by atoms with Crippen LogP contribution in [0.2, 0.25) is 5.02 Å². The Balaban J connectivity index is 1.76. The predicted octanol–water partition coefficient (Wildman–Crippen LogP) is 4.13. The smallest absolute Gasteiger partial charge is 0.335 e. The number of aromatic carboxylic acids is 1. The maximum atomic E-state index is 12.7. The Morgan fingerprint density at radius 3 is 2.79 bits per heavy atom. The second-order valence-corrected chi connectivity index (χ2v) is 7.97. The molecule has 1 aliphatic rings. The predicted molar refractivity (Wildman–Crippen MR) is 108 cm³/mol. The Hall–Kier alpha value is -2.86. The molecule has 0 radical (unpaired) electrons. The fourth-order valence-electron chi connectivity index (χ4n) is 3.75. The normalized spacial score (nSPS) is 13.6. The number of carboxylic acids is 1. The summed E-state index contributed by atoms with van der Waals surface area (Å²) in [6.07, 6.45) is 2.00. The number of amides is 1. The van der Waals surface area contributed by atoms with Gasteiger partial charge in [0, 0.05) is 22.6 Å². The molecule has 1 N–H and O–H groups in total. The van der Waals surface area contributed by atoms with E-state index in [2.05, 4.69) is 18.9 Å². The summed E-state index contributed by atoms with van der Waals surface area (Å²) in [6, 6.07) is 8.56. The van der Waals surface area contributed by atoms with Crippen LogP contribution in [0.15, 0.2) is 36.5 Å². The van der Waals surface area contributed by atoms with Crippen molar-refractivity contribution in [1.29, 1.82) is 0 Å². The van der Waals surface area contributed by atoms with E-state index in [-0.39, 0.29) is 17.9 Å². The van der Waals surface area contributed by atoms with Crippen molar-refractivity contribution in [3.8, 4) is 0 Å². The molecular formula is C21H20ClN3O3. The van der Waals surface area contributed by atoms with Gasteiger partial charge >= 0.3 is 5.97 Å². The van der Waals surface area contributed by atoms with Gasteiger partial charge in [-0.25, -0.2) is 4.79 Å². The summed E-state index contributed by atoms with van der Waals surface area (Å²) in [4.78, 5) is 25.6. The molecular weight excluding hydrogens is 378 g/mol. The van der Waals surface area contributed by atoms with Gasteiger partial charge in [-0.2, -0.15) is 5.10 Å². The molecule has 0 fully saturated rings. The van der Waals surface area contributed by atoms with Crippen LogP contribution in [0.1, 0.15) is 35.3 Å². The molecule has 144 valence electrons. The van der Waals surface area contributed by atoms with Crippen molar-refractivity contribution in [2.24, 2.45) is 5.92 Å². The van der Waals surface area contributed by atoms with E-state index >= 15 is 0 Å². The van der Waals surface area contributed by atoms with E-state index in [1.807, 2.05) is 16.8 Å². The monoisotopic (exact) mass is 397 g/mol. The maximum Gasteiger partial charge on any atom is 0.335 e. The highest BCUT2D eigenvalue weighted by atomic mass is 35.5. The van der Waals surface area contributed by atoms with Crippen LogP contribution in [0, 0.1) is 5.92 Å². The highest BCUT2D eigenvalue weighted by Gasteiger charge is 2.29. The number of carboxylic acid groups (broad SMARTS) is 1. The first kappa shape index (κ1) is 18.5. The van der Waals surface area contributed by atoms with E-state index < -0.39 is 5.97 Å². The van der Waals surface area contributed by atoms with E-state index in [0.29, 0.717) is 17.5 Å². The number of carbonyl (C=O) groups is 2. The van der Waals surface area contributed by atoms with Crippen molar-refractivity contribution in [3.05, 3.63) is 58.2 Å². The van der Waals surface area contributed by atoms with Gasteiger partial charge in [0.2, 0.25) is 5.91 Å². The standard InChI is InChI=1S/C21H20ClN3O3/c1-12(2)10-25-20-15(9-23-25)6-17(22)7-16(20)11-24-18-4-3-13(21(27)28)5-14(18)8-19(24)26/h3-7,9,12H,8,10-11H2,1-2H3,(H,27,28). The number of anilines is 1. The number of rotatable bonds is 5. The highest BCUT2D eigenvalue weighted by Crippen LogP contribution is 2.33. The van der Waals surface area contributed by atoms with Gasteiger partial charge in [-0.15, -0.1) is 0 Å². The van der Waals surface area contributed by atoms with Gasteiger partial charge in [0.15, 0.2) is 0 Å². The van der Waals surface area contributed by atoms with Gasteiger partial charge in [-0.3, -0.25) is 9.48 Å². The molecule has 0 saturated heterocycles. The molecule has 7 heteroatoms. The zero-order valence-electron chi connectivity index (χ0n) is 15.6. The number of hydrogen-bond acceptors (Lipinski definition) is 3. The van der Waals surface area contributed by atoms with Crippen LogP contribution >= 0.6 is 11.6 Å². The van der Waals surface area contributed by atoms with Gasteiger partial charge in [-0.1, -0.05) is 25.4 Å². The second kappa shape index (κ2) is 6.95. The first-order valence-corrected chi connectivity index (χ1v) is 9.52. The Bertz CT molecular complexity index is 1100. The fraction of sp³-hybridized carbons (Fsp3) is 0.286. The Kier molecular flexibility index (Phi) is 4.59. The van der Waals surface area contributed by atoms with Gasteiger partial charge < -0.3 is 10.0 Å². The minimum Gasteiger partial charge on any atom is -0.478 e. The Morgan fingerprint density at radius 1 is 1.29 bits per heavy atom. The topological polar surface area (TPSA) is 75.4 Å². The van der Waals surface area contributed by atoms with Crippen molar-refractivity contribution in [3.63, 3.8) is 0 Å². The van der Waals surface area contributed by atoms with E-state index in [4.69, 9.17) is 11.6 Å². The quantitative estimate of drug-likeness (QED) is 0.702. The SMILES string of the molecule is CC(C)Cn1ncc2cc(Cl)cc(CN3C(=O)Cc4cc(C(=O)O)ccc43)c21. The lowest BCUT2D eigenvalue weighted by Crippen LogP contribution is -2.26. The summed E-state index contributed by atoms with van der Waals surface area (Å²) in [7, 11) is 0. The molecule has 1 aromatic heterocycles. The minimum absolute atomic E-state index is 0.0550. The van der Waals surface area contributed by atoms with E-state index in [1.165, 1.54) is 6.07 Å². The number of carbonyl (C=O) groups excluding carboxylic acids is 1. The third-order valence-electron chi connectivity index (χ3n) is 4.90. The van der Waals surface area contributed by atoms with Crippen molar-refractivity contribution >= 4 is 40.1 Å². The molecule has 1 amide bonds. The van der Waals surface area contributed by atoms with Crippen LogP contribution in [0.3, 0.4) is 0 Å². The fourth-order valence-corrected chi connectivity index (χ4v) is 4.00. The number of aromatic nitrogens is 2. The summed E-state index contributed by atoms with van der Waals surface area (Å²) in [5, 5.41) is 15.2. The van der Waals surface area contributed by atoms with Crippen molar-refractivity contribution in [1.82, 2.24) is 9.78 Å². The molecule has 0 aliphatic carbocycles. The van der Waals surface area contributed by atoms with Crippen LogP contribution in [0.5, 0.6) is 0 Å². The van der Waals surface area contributed by atoms with E-state index in [1.54, 1.807) is 23.2 Å². The van der Waals surface area contributed by atoms with Gasteiger partial charge in [0.05, 0.1) is 30.2 Å². The lowest BCUT2D eigenvalue weighted by Gasteiger charge is -2.19. The number of nitrogens with zero attached hydrogens (tertiary/aromatic N) is 3. The molecule has 2 aromatic carbocycles. The highest BCUT2D eigenvalue weighted by molar-refractivity contribution is 6.31. The summed E-state index contributed by atoms with van der Waals surface area (Å²) in [5.41, 5.74) is 3.57. The molecule has 1 aliphatic heterocycles. The third-order valence-corrected chi connectivity index (χ3v) is 5.12. The van der Waals surface area contributed by atoms with Crippen LogP contribution in [-0.4, -0.2) is 26.8 Å². The molecule has 0 unspecified atom stereocenters. The molecule has 28 heavy (non-hydrogen) atoms. The molecule has 0 saturated carbocycles. The molecule has 2 heterocycles. The molecule has 0 spiro atoms. The summed E-state index contributed by atoms with van der Waals surface area (Å²) in [6.45, 7) is 5.39. The van der Waals surface area contributed by atoms with Gasteiger partial charge in [0.1, 0.15) is 0 Å². The van der Waals surface area contributed by atoms with Crippen LogP contribution in [0.4, 0.5) is 5.69 Å². The van der Waals surface area contributed by atoms with Crippen molar-refractivity contribution in [2.75, 3.05) is 4.90 Å². The summed E-state index contributed by atoms with van der Waals surface area (Å²) >= 11 is 6.31. The number of benzene rings is 2. The summed E-state index contributed by atoms with van der Waals surface area (Å²) < 4.78 is 1.96. The summed E-state index contributed by atoms with van der Waals surface area (Å²) in [5.74, 6) is -0.626. The first-order valence-electron chi connectivity index (χ1n) is 9.14. The molecule has 0 atom stereocenters. The average Bonchev–Trinajstić information content (AvgIpc) is 3.15. The minimum atomic E-state index is -0.997. The lowest BCUT2D eigenvalue weighted by molar-refractivity contribution is -0.117. The largest absolute Gasteiger partial charge is 0.478 e. The zero-order valence-corrected chi connectivity index (χ0v) is 16.4. The number of hydrogen-bond donors (Lipinski definition) is 1. The van der Waals surface area contributed by atoms with Crippen molar-refractivity contribution in [2.45, 2.75) is 33.4 Å². The maximum absolute atomic E-state index is 12.7. The average molecular weight is 398 g/mol. The molecule has 0 bridgehead atoms. The number of fused-ring (bicyclic) bond motifs is 2. The third kappa shape index (κ3) is 3.24. The molecule has 4 rings (SSSR count). The van der Waals surface area contributed by atoms with Crippen LogP contribution < -0.4 is 4.90 Å². The van der Waals surface area contributed by atoms with E-state index in [0.717, 1.165) is 34.3 Å². The number of halogens is 1. The molecule has 3 aromatic rings. The second-order valence-electron chi connectivity index (χ2n) is 7.53. The Morgan fingerprint density at radius 2 is 2.07 bits per heavy atom. The molecule has 6 nitrogen and oxygen atoms in total. The van der Waals surface area contributed by atoms with Crippen LogP contribution in [0.25, 0.3) is 10.9 Å². The van der Waals surface area contributed by atoms with Gasteiger partial charge in [0.25, 0.3) is 0 Å². The Labute approximate surface area is 167 Å². The first-order chi connectivity index (χ1) is 13.3. The van der Waals surface area contributed by atoms with Crippen LogP contribution in [-0.2, 0) is 24.3 Å². The zero-order chi connectivity index (χ0) is 20.0. The van der Waals surface area contributed by atoms with Gasteiger partial charge in [-0.05, 0) is 47.4 Å². The lowest BCUT2D eigenvalue weighted by atomic mass is 10.1.